The zero-order valence-corrected chi connectivity index (χ0v) is 9.32. The van der Waals surface area contributed by atoms with Crippen LogP contribution in [0.3, 0.4) is 0 Å². The lowest BCUT2D eigenvalue weighted by Crippen LogP contribution is -2.50. The lowest BCUT2D eigenvalue weighted by Gasteiger charge is -2.37. The normalized spacial score (nSPS) is 24.9. The SMILES string of the molecule is COC(=O)CCN1CCN(C)C(C)C1. The van der Waals surface area contributed by atoms with E-state index in [1.165, 1.54) is 7.11 Å². The van der Waals surface area contributed by atoms with Crippen LogP contribution in [0.2, 0.25) is 0 Å². The molecule has 4 heteroatoms. The first-order valence-electron chi connectivity index (χ1n) is 5.13. The van der Waals surface area contributed by atoms with E-state index in [0.717, 1.165) is 26.2 Å². The highest BCUT2D eigenvalue weighted by Crippen LogP contribution is 2.07. The van der Waals surface area contributed by atoms with Gasteiger partial charge in [0.15, 0.2) is 0 Å². The zero-order valence-electron chi connectivity index (χ0n) is 9.32. The largest absolute Gasteiger partial charge is 0.469 e. The molecule has 1 aliphatic heterocycles. The van der Waals surface area contributed by atoms with Crippen molar-refractivity contribution < 1.29 is 9.53 Å². The molecule has 0 bridgehead atoms. The molecule has 0 aliphatic carbocycles. The Hall–Kier alpha value is -0.610. The number of ether oxygens (including phenoxy) is 1. The van der Waals surface area contributed by atoms with Crippen molar-refractivity contribution in [3.05, 3.63) is 0 Å². The highest BCUT2D eigenvalue weighted by atomic mass is 16.5. The second-order valence-corrected chi connectivity index (χ2v) is 3.96. The van der Waals surface area contributed by atoms with Crippen molar-refractivity contribution in [3.8, 4) is 0 Å². The molecule has 1 atom stereocenters. The van der Waals surface area contributed by atoms with Gasteiger partial charge in [0.2, 0.25) is 0 Å². The van der Waals surface area contributed by atoms with Crippen LogP contribution in [-0.4, -0.2) is 62.1 Å². The van der Waals surface area contributed by atoms with E-state index in [1.807, 2.05) is 0 Å². The van der Waals surface area contributed by atoms with Crippen LogP contribution in [0.5, 0.6) is 0 Å². The van der Waals surface area contributed by atoms with Crippen LogP contribution in [0.4, 0.5) is 0 Å². The van der Waals surface area contributed by atoms with E-state index in [9.17, 15) is 4.79 Å². The second kappa shape index (κ2) is 5.32. The van der Waals surface area contributed by atoms with Gasteiger partial charge in [-0.1, -0.05) is 0 Å². The van der Waals surface area contributed by atoms with E-state index < -0.39 is 0 Å². The van der Waals surface area contributed by atoms with Gasteiger partial charge in [-0.15, -0.1) is 0 Å². The average molecular weight is 200 g/mol. The highest BCUT2D eigenvalue weighted by Gasteiger charge is 2.20. The van der Waals surface area contributed by atoms with Crippen molar-refractivity contribution in [2.24, 2.45) is 0 Å². The van der Waals surface area contributed by atoms with Crippen molar-refractivity contribution in [3.63, 3.8) is 0 Å². The van der Waals surface area contributed by atoms with Gasteiger partial charge in [-0.05, 0) is 14.0 Å². The van der Waals surface area contributed by atoms with E-state index in [4.69, 9.17) is 0 Å². The van der Waals surface area contributed by atoms with Gasteiger partial charge < -0.3 is 9.64 Å². The van der Waals surface area contributed by atoms with Gasteiger partial charge >= 0.3 is 5.97 Å². The molecule has 0 N–H and O–H groups in total. The number of carbonyl (C=O) groups is 1. The number of hydrogen-bond acceptors (Lipinski definition) is 4. The number of likely N-dealkylation sites (N-methyl/N-ethyl adjacent to an activating group) is 1. The van der Waals surface area contributed by atoms with E-state index in [-0.39, 0.29) is 5.97 Å². The van der Waals surface area contributed by atoms with Gasteiger partial charge in [-0.25, -0.2) is 0 Å². The predicted molar refractivity (Wildman–Crippen MR) is 55.2 cm³/mol. The Morgan fingerprint density at radius 2 is 2.21 bits per heavy atom. The molecule has 82 valence electrons. The number of nitrogens with zero attached hydrogens (tertiary/aromatic N) is 2. The Balaban J connectivity index is 2.23. The first kappa shape index (κ1) is 11.5. The van der Waals surface area contributed by atoms with E-state index in [2.05, 4.69) is 28.5 Å². The summed E-state index contributed by atoms with van der Waals surface area (Å²) in [4.78, 5) is 15.6. The maximum Gasteiger partial charge on any atom is 0.306 e. The van der Waals surface area contributed by atoms with Crippen molar-refractivity contribution in [2.45, 2.75) is 19.4 Å². The summed E-state index contributed by atoms with van der Waals surface area (Å²) in [5.41, 5.74) is 0. The minimum Gasteiger partial charge on any atom is -0.469 e. The lowest BCUT2D eigenvalue weighted by atomic mass is 10.2. The maximum absolute atomic E-state index is 10.9. The molecule has 0 aromatic rings. The smallest absolute Gasteiger partial charge is 0.306 e. The van der Waals surface area contributed by atoms with Gasteiger partial charge in [0.05, 0.1) is 13.5 Å². The number of piperazine rings is 1. The van der Waals surface area contributed by atoms with Crippen molar-refractivity contribution in [1.29, 1.82) is 0 Å². The van der Waals surface area contributed by atoms with Gasteiger partial charge in [-0.3, -0.25) is 9.69 Å². The van der Waals surface area contributed by atoms with E-state index >= 15 is 0 Å². The molecule has 1 saturated heterocycles. The van der Waals surface area contributed by atoms with Crippen molar-refractivity contribution in [2.75, 3.05) is 40.3 Å². The summed E-state index contributed by atoms with van der Waals surface area (Å²) in [5, 5.41) is 0. The predicted octanol–water partition coefficient (Wildman–Crippen LogP) is 0.185. The van der Waals surface area contributed by atoms with Crippen LogP contribution in [0.1, 0.15) is 13.3 Å². The second-order valence-electron chi connectivity index (χ2n) is 3.96. The summed E-state index contributed by atoms with van der Waals surface area (Å²) in [6, 6.07) is 0.585. The quantitative estimate of drug-likeness (QED) is 0.609. The van der Waals surface area contributed by atoms with E-state index in [0.29, 0.717) is 12.5 Å². The standard InChI is InChI=1S/C10H20N2O2/c1-9-8-12(7-6-11(9)2)5-4-10(13)14-3/h9H,4-8H2,1-3H3. The third kappa shape index (κ3) is 3.27. The monoisotopic (exact) mass is 200 g/mol. The van der Waals surface area contributed by atoms with Crippen molar-refractivity contribution >= 4 is 5.97 Å². The van der Waals surface area contributed by atoms with Gasteiger partial charge in [0.1, 0.15) is 0 Å². The molecule has 1 aliphatic rings. The van der Waals surface area contributed by atoms with Crippen LogP contribution in [-0.2, 0) is 9.53 Å². The maximum atomic E-state index is 10.9. The van der Waals surface area contributed by atoms with Gasteiger partial charge in [-0.2, -0.15) is 0 Å². The number of rotatable bonds is 3. The van der Waals surface area contributed by atoms with Crippen LogP contribution in [0, 0.1) is 0 Å². The van der Waals surface area contributed by atoms with Crippen LogP contribution in [0.25, 0.3) is 0 Å². The molecule has 0 saturated carbocycles. The minimum absolute atomic E-state index is 0.114. The number of carbonyl (C=O) groups excluding carboxylic acids is 1. The molecule has 14 heavy (non-hydrogen) atoms. The molecule has 0 aromatic heterocycles. The van der Waals surface area contributed by atoms with Crippen molar-refractivity contribution in [1.82, 2.24) is 9.80 Å². The molecule has 0 aromatic carbocycles. The zero-order chi connectivity index (χ0) is 10.6. The average Bonchev–Trinajstić information content (AvgIpc) is 2.19. The highest BCUT2D eigenvalue weighted by molar-refractivity contribution is 5.69. The van der Waals surface area contributed by atoms with E-state index in [1.54, 1.807) is 0 Å². The summed E-state index contributed by atoms with van der Waals surface area (Å²) in [6.45, 7) is 6.23. The fraction of sp³-hybridized carbons (Fsp3) is 0.900. The third-order valence-electron chi connectivity index (χ3n) is 2.90. The lowest BCUT2D eigenvalue weighted by molar-refractivity contribution is -0.141. The molecular formula is C10H20N2O2. The topological polar surface area (TPSA) is 32.8 Å². The van der Waals surface area contributed by atoms with Gasteiger partial charge in [0.25, 0.3) is 0 Å². The molecule has 1 rings (SSSR count). The molecular weight excluding hydrogens is 180 g/mol. The van der Waals surface area contributed by atoms with Crippen LogP contribution in [0.15, 0.2) is 0 Å². The Bertz CT molecular complexity index is 197. The van der Waals surface area contributed by atoms with Gasteiger partial charge in [0, 0.05) is 32.2 Å². The summed E-state index contributed by atoms with van der Waals surface area (Å²) in [7, 11) is 3.58. The summed E-state index contributed by atoms with van der Waals surface area (Å²) in [6.07, 6.45) is 0.507. The minimum atomic E-state index is -0.114. The Kier molecular flexibility index (Phi) is 4.35. The van der Waals surface area contributed by atoms with Crippen LogP contribution < -0.4 is 0 Å². The fourth-order valence-electron chi connectivity index (χ4n) is 1.68. The first-order chi connectivity index (χ1) is 6.63. The summed E-state index contributed by atoms with van der Waals surface area (Å²) in [5.74, 6) is -0.114. The first-order valence-corrected chi connectivity index (χ1v) is 5.13. The Morgan fingerprint density at radius 3 is 2.79 bits per heavy atom. The molecule has 0 radical (unpaired) electrons. The molecule has 0 spiro atoms. The van der Waals surface area contributed by atoms with Crippen LogP contribution >= 0.6 is 0 Å². The summed E-state index contributed by atoms with van der Waals surface area (Å²) < 4.78 is 4.61. The summed E-state index contributed by atoms with van der Waals surface area (Å²) >= 11 is 0. The Labute approximate surface area is 85.8 Å². The number of esters is 1. The fourth-order valence-corrected chi connectivity index (χ4v) is 1.68. The number of methoxy groups -OCH3 is 1. The molecule has 1 fully saturated rings. The third-order valence-corrected chi connectivity index (χ3v) is 2.90. The molecule has 0 amide bonds. The molecule has 1 unspecified atom stereocenters. The Morgan fingerprint density at radius 1 is 1.50 bits per heavy atom. The molecule has 4 nitrogen and oxygen atoms in total. The number of hydrogen-bond donors (Lipinski definition) is 0. The molecule has 1 heterocycles.